The van der Waals surface area contributed by atoms with E-state index in [-0.39, 0.29) is 5.92 Å². The molecule has 2 rings (SSSR count). The quantitative estimate of drug-likeness (QED) is 0.910. The van der Waals surface area contributed by atoms with Crippen LogP contribution in [-0.2, 0) is 0 Å². The number of rotatable bonds is 5. The summed E-state index contributed by atoms with van der Waals surface area (Å²) in [6.45, 7) is 2.64. The Morgan fingerprint density at radius 2 is 1.90 bits per heavy atom. The highest BCUT2D eigenvalue weighted by Crippen LogP contribution is 2.22. The fourth-order valence-electron chi connectivity index (χ4n) is 2.17. The Bertz CT molecular complexity index is 530. The van der Waals surface area contributed by atoms with E-state index in [4.69, 9.17) is 0 Å². The number of pyridine rings is 1. The molecule has 0 saturated heterocycles. The van der Waals surface area contributed by atoms with Gasteiger partial charge in [0.15, 0.2) is 0 Å². The van der Waals surface area contributed by atoms with Crippen molar-refractivity contribution >= 4 is 5.69 Å². The Morgan fingerprint density at radius 1 is 1.20 bits per heavy atom. The molecular weight excluding hydrogens is 255 g/mol. The van der Waals surface area contributed by atoms with Crippen LogP contribution in [0.5, 0.6) is 0 Å². The summed E-state index contributed by atoms with van der Waals surface area (Å²) in [7, 11) is 1.98. The average Bonchev–Trinajstić information content (AvgIpc) is 2.48. The number of aliphatic hydroxyl groups is 1. The predicted octanol–water partition coefficient (Wildman–Crippen LogP) is 3.03. The van der Waals surface area contributed by atoms with Crippen molar-refractivity contribution < 1.29 is 9.50 Å². The Hall–Kier alpha value is -1.94. The van der Waals surface area contributed by atoms with Crippen LogP contribution in [0.2, 0.25) is 0 Å². The largest absolute Gasteiger partial charge is 0.386 e. The molecule has 1 aromatic carbocycles. The second-order valence-electron chi connectivity index (χ2n) is 5.04. The topological polar surface area (TPSA) is 36.4 Å². The van der Waals surface area contributed by atoms with Gasteiger partial charge in [0.2, 0.25) is 0 Å². The van der Waals surface area contributed by atoms with Gasteiger partial charge < -0.3 is 10.0 Å². The molecule has 0 fully saturated rings. The zero-order valence-electron chi connectivity index (χ0n) is 11.7. The standard InChI is InChI=1S/C16H19FN2O/c1-12(11-19(2)14-6-4-3-5-7-14)16(20)15-9-8-13(17)10-18-15/h3-10,12,16,20H,11H2,1-2H3. The van der Waals surface area contributed by atoms with Crippen LogP contribution in [0, 0.1) is 11.7 Å². The Morgan fingerprint density at radius 3 is 2.50 bits per heavy atom. The first-order valence-corrected chi connectivity index (χ1v) is 6.63. The number of para-hydroxylation sites is 1. The van der Waals surface area contributed by atoms with Crippen molar-refractivity contribution in [3.63, 3.8) is 0 Å². The van der Waals surface area contributed by atoms with Gasteiger partial charge in [-0.05, 0) is 24.3 Å². The highest BCUT2D eigenvalue weighted by Gasteiger charge is 2.19. The van der Waals surface area contributed by atoms with Crippen LogP contribution >= 0.6 is 0 Å². The zero-order chi connectivity index (χ0) is 14.5. The number of aliphatic hydroxyl groups excluding tert-OH is 1. The summed E-state index contributed by atoms with van der Waals surface area (Å²) >= 11 is 0. The Balaban J connectivity index is 2.00. The van der Waals surface area contributed by atoms with Gasteiger partial charge in [-0.1, -0.05) is 25.1 Å². The lowest BCUT2D eigenvalue weighted by molar-refractivity contribution is 0.116. The molecule has 0 spiro atoms. The number of hydrogen-bond donors (Lipinski definition) is 1. The molecule has 0 aliphatic carbocycles. The maximum Gasteiger partial charge on any atom is 0.141 e. The van der Waals surface area contributed by atoms with Crippen LogP contribution in [-0.4, -0.2) is 23.7 Å². The molecule has 0 radical (unpaired) electrons. The SMILES string of the molecule is CC(CN(C)c1ccccc1)C(O)c1ccc(F)cn1. The number of benzene rings is 1. The van der Waals surface area contributed by atoms with Crippen molar-refractivity contribution in [1.29, 1.82) is 0 Å². The highest BCUT2D eigenvalue weighted by molar-refractivity contribution is 5.45. The van der Waals surface area contributed by atoms with Gasteiger partial charge in [0.25, 0.3) is 0 Å². The van der Waals surface area contributed by atoms with E-state index in [0.29, 0.717) is 12.2 Å². The summed E-state index contributed by atoms with van der Waals surface area (Å²) in [5, 5.41) is 10.3. The molecule has 0 aliphatic heterocycles. The van der Waals surface area contributed by atoms with Gasteiger partial charge in [0, 0.05) is 25.2 Å². The monoisotopic (exact) mass is 274 g/mol. The first-order chi connectivity index (χ1) is 9.58. The third-order valence-electron chi connectivity index (χ3n) is 3.35. The number of halogens is 1. The number of hydrogen-bond acceptors (Lipinski definition) is 3. The second kappa shape index (κ2) is 6.48. The van der Waals surface area contributed by atoms with E-state index in [2.05, 4.69) is 9.88 Å². The average molecular weight is 274 g/mol. The highest BCUT2D eigenvalue weighted by atomic mass is 19.1. The van der Waals surface area contributed by atoms with E-state index in [1.165, 1.54) is 12.1 Å². The van der Waals surface area contributed by atoms with Crippen molar-refractivity contribution in [2.24, 2.45) is 5.92 Å². The lowest BCUT2D eigenvalue weighted by Gasteiger charge is -2.26. The van der Waals surface area contributed by atoms with Crippen molar-refractivity contribution in [1.82, 2.24) is 4.98 Å². The van der Waals surface area contributed by atoms with Gasteiger partial charge >= 0.3 is 0 Å². The molecule has 3 nitrogen and oxygen atoms in total. The van der Waals surface area contributed by atoms with Crippen LogP contribution in [0.4, 0.5) is 10.1 Å². The van der Waals surface area contributed by atoms with E-state index in [1.54, 1.807) is 0 Å². The van der Waals surface area contributed by atoms with Gasteiger partial charge in [-0.25, -0.2) is 4.39 Å². The molecule has 1 N–H and O–H groups in total. The fraction of sp³-hybridized carbons (Fsp3) is 0.312. The Kier molecular flexibility index (Phi) is 4.69. The summed E-state index contributed by atoms with van der Waals surface area (Å²) < 4.78 is 12.8. The first-order valence-electron chi connectivity index (χ1n) is 6.63. The zero-order valence-corrected chi connectivity index (χ0v) is 11.7. The minimum absolute atomic E-state index is 0.0156. The summed E-state index contributed by atoms with van der Waals surface area (Å²) in [6, 6.07) is 12.8. The van der Waals surface area contributed by atoms with Gasteiger partial charge in [-0.3, -0.25) is 4.98 Å². The van der Waals surface area contributed by atoms with E-state index < -0.39 is 11.9 Å². The maximum absolute atomic E-state index is 12.8. The maximum atomic E-state index is 12.8. The van der Waals surface area contributed by atoms with E-state index >= 15 is 0 Å². The van der Waals surface area contributed by atoms with Gasteiger partial charge in [-0.15, -0.1) is 0 Å². The van der Waals surface area contributed by atoms with Crippen LogP contribution in [0.25, 0.3) is 0 Å². The fourth-order valence-corrected chi connectivity index (χ4v) is 2.17. The van der Waals surface area contributed by atoms with Crippen molar-refractivity contribution in [3.8, 4) is 0 Å². The molecule has 2 unspecified atom stereocenters. The molecule has 2 atom stereocenters. The Labute approximate surface area is 118 Å². The summed E-state index contributed by atoms with van der Waals surface area (Å²) in [5.41, 5.74) is 1.60. The first kappa shape index (κ1) is 14.5. The molecule has 1 aromatic heterocycles. The summed E-state index contributed by atoms with van der Waals surface area (Å²) in [4.78, 5) is 6.02. The predicted molar refractivity (Wildman–Crippen MR) is 78.0 cm³/mol. The second-order valence-corrected chi connectivity index (χ2v) is 5.04. The smallest absolute Gasteiger partial charge is 0.141 e. The molecule has 106 valence electrons. The third-order valence-corrected chi connectivity index (χ3v) is 3.35. The minimum Gasteiger partial charge on any atom is -0.386 e. The van der Waals surface area contributed by atoms with Gasteiger partial charge in [0.05, 0.1) is 11.9 Å². The van der Waals surface area contributed by atoms with E-state index in [9.17, 15) is 9.50 Å². The number of nitrogens with zero attached hydrogens (tertiary/aromatic N) is 2. The number of aromatic nitrogens is 1. The normalized spacial score (nSPS) is 13.8. The lowest BCUT2D eigenvalue weighted by atomic mass is 10.0. The van der Waals surface area contributed by atoms with Crippen LogP contribution < -0.4 is 4.90 Å². The molecule has 0 saturated carbocycles. The van der Waals surface area contributed by atoms with E-state index in [0.717, 1.165) is 11.9 Å². The third kappa shape index (κ3) is 3.54. The molecule has 0 amide bonds. The molecule has 1 heterocycles. The van der Waals surface area contributed by atoms with Crippen LogP contribution in [0.3, 0.4) is 0 Å². The molecule has 0 aliphatic rings. The van der Waals surface area contributed by atoms with Crippen molar-refractivity contribution in [3.05, 3.63) is 60.2 Å². The molecule has 2 aromatic rings. The van der Waals surface area contributed by atoms with E-state index in [1.807, 2.05) is 44.3 Å². The molecule has 4 heteroatoms. The lowest BCUT2D eigenvalue weighted by Crippen LogP contribution is -2.27. The minimum atomic E-state index is -0.707. The van der Waals surface area contributed by atoms with Crippen LogP contribution in [0.1, 0.15) is 18.7 Å². The van der Waals surface area contributed by atoms with Gasteiger partial charge in [0.1, 0.15) is 11.9 Å². The molecular formula is C16H19FN2O. The summed E-state index contributed by atoms with van der Waals surface area (Å²) in [6.07, 6.45) is 0.424. The van der Waals surface area contributed by atoms with Crippen LogP contribution in [0.15, 0.2) is 48.7 Å². The molecule has 0 bridgehead atoms. The number of anilines is 1. The molecule has 20 heavy (non-hydrogen) atoms. The summed E-state index contributed by atoms with van der Waals surface area (Å²) in [5.74, 6) is -0.409. The van der Waals surface area contributed by atoms with Gasteiger partial charge in [-0.2, -0.15) is 0 Å². The van der Waals surface area contributed by atoms with Crippen molar-refractivity contribution in [2.45, 2.75) is 13.0 Å². The van der Waals surface area contributed by atoms with Crippen molar-refractivity contribution in [2.75, 3.05) is 18.5 Å².